The maximum absolute atomic E-state index is 4.57. The van der Waals surface area contributed by atoms with Crippen LogP contribution >= 0.6 is 16.4 Å². The normalized spacial score (nSPS) is 12.9. The summed E-state index contributed by atoms with van der Waals surface area (Å²) in [6.07, 6.45) is 4.40. The van der Waals surface area contributed by atoms with Crippen molar-refractivity contribution in [2.75, 3.05) is 0 Å². The van der Waals surface area contributed by atoms with Crippen molar-refractivity contribution in [2.24, 2.45) is 4.99 Å². The lowest BCUT2D eigenvalue weighted by Crippen LogP contribution is -1.99. The van der Waals surface area contributed by atoms with Gasteiger partial charge in [0.1, 0.15) is 0 Å². The molecule has 1 heterocycles. The second kappa shape index (κ2) is 5.58. The quantitative estimate of drug-likeness (QED) is 0.664. The molecule has 1 rings (SSSR count). The van der Waals surface area contributed by atoms with Crippen LogP contribution in [0.1, 0.15) is 37.0 Å². The Hall–Kier alpha value is -0.120. The van der Waals surface area contributed by atoms with Crippen LogP contribution in [-0.2, 0) is 0 Å². The highest BCUT2D eigenvalue weighted by Gasteiger charge is 1.98. The van der Waals surface area contributed by atoms with Gasteiger partial charge < -0.3 is 0 Å². The molecule has 0 amide bonds. The molecule has 1 nitrogen and oxygen atoms in total. The zero-order valence-electron chi connectivity index (χ0n) is 8.54. The Morgan fingerprint density at radius 3 is 2.69 bits per heavy atom. The highest BCUT2D eigenvalue weighted by molar-refractivity contribution is 7.50. The minimum Gasteiger partial charge on any atom is -0.289 e. The fourth-order valence-electron chi connectivity index (χ4n) is 1.19. The highest BCUT2D eigenvalue weighted by Crippen LogP contribution is 2.28. The lowest BCUT2D eigenvalue weighted by molar-refractivity contribution is 0.634. The van der Waals surface area contributed by atoms with Crippen LogP contribution in [0.3, 0.4) is 0 Å². The first-order valence-electron chi connectivity index (χ1n) is 4.81. The Bertz CT molecular complexity index is 274. The molecule has 0 aliphatic heterocycles. The van der Waals surface area contributed by atoms with E-state index >= 15 is 0 Å². The van der Waals surface area contributed by atoms with E-state index in [1.807, 2.05) is 0 Å². The van der Waals surface area contributed by atoms with Gasteiger partial charge >= 0.3 is 0 Å². The SMILES string of the molecule is CCC(CC)N=Cc1cpc(C)[pH]1. The van der Waals surface area contributed by atoms with Crippen LogP contribution in [0.5, 0.6) is 0 Å². The summed E-state index contributed by atoms with van der Waals surface area (Å²) in [6.45, 7) is 6.62. The molecule has 0 saturated heterocycles. The minimum atomic E-state index is 0.531. The van der Waals surface area contributed by atoms with Gasteiger partial charge in [-0.05, 0) is 30.6 Å². The second-order valence-electron chi connectivity index (χ2n) is 3.17. The van der Waals surface area contributed by atoms with Crippen molar-refractivity contribution in [1.29, 1.82) is 0 Å². The van der Waals surface area contributed by atoms with Gasteiger partial charge in [0.2, 0.25) is 0 Å². The van der Waals surface area contributed by atoms with Gasteiger partial charge in [-0.1, -0.05) is 22.0 Å². The van der Waals surface area contributed by atoms with E-state index in [1.54, 1.807) is 5.03 Å². The molecule has 0 radical (unpaired) electrons. The zero-order valence-corrected chi connectivity index (χ0v) is 10.4. The highest BCUT2D eigenvalue weighted by atomic mass is 31.1. The predicted octanol–water partition coefficient (Wildman–Crippen LogP) is 4.21. The maximum Gasteiger partial charge on any atom is 0.0494 e. The average Bonchev–Trinajstić information content (AvgIpc) is 2.53. The van der Waals surface area contributed by atoms with E-state index < -0.39 is 0 Å². The third kappa shape index (κ3) is 3.63. The first-order chi connectivity index (χ1) is 6.26. The van der Waals surface area contributed by atoms with Crippen LogP contribution in [0, 0.1) is 6.92 Å². The number of hydrogen-bond acceptors (Lipinski definition) is 1. The smallest absolute Gasteiger partial charge is 0.0494 e. The molecule has 1 atom stereocenters. The van der Waals surface area contributed by atoms with Crippen LogP contribution in [0.2, 0.25) is 0 Å². The largest absolute Gasteiger partial charge is 0.289 e. The van der Waals surface area contributed by atoms with Crippen LogP contribution in [0.4, 0.5) is 0 Å². The van der Waals surface area contributed by atoms with E-state index in [4.69, 9.17) is 0 Å². The van der Waals surface area contributed by atoms with E-state index in [-0.39, 0.29) is 0 Å². The fourth-order valence-corrected chi connectivity index (χ4v) is 3.44. The van der Waals surface area contributed by atoms with E-state index in [2.05, 4.69) is 37.8 Å². The topological polar surface area (TPSA) is 12.4 Å². The number of hydrogen-bond donors (Lipinski definition) is 0. The monoisotopic (exact) mass is 213 g/mol. The number of rotatable bonds is 4. The number of aryl methyl sites for hydroxylation is 1. The molecular weight excluding hydrogens is 196 g/mol. The van der Waals surface area contributed by atoms with Gasteiger partial charge in [-0.2, -0.15) is 0 Å². The molecule has 0 aromatic carbocycles. The van der Waals surface area contributed by atoms with E-state index in [0.29, 0.717) is 6.04 Å². The molecule has 1 aromatic rings. The first kappa shape index (κ1) is 11.0. The fraction of sp³-hybridized carbons (Fsp3) is 0.600. The summed E-state index contributed by atoms with van der Waals surface area (Å²) in [5, 5.41) is 2.98. The second-order valence-corrected chi connectivity index (χ2v) is 6.36. The van der Waals surface area contributed by atoms with Gasteiger partial charge in [0.05, 0.1) is 0 Å². The summed E-state index contributed by atoms with van der Waals surface area (Å²) >= 11 is 0. The predicted molar refractivity (Wildman–Crippen MR) is 65.2 cm³/mol. The summed E-state index contributed by atoms with van der Waals surface area (Å²) in [6, 6.07) is 0.531. The summed E-state index contributed by atoms with van der Waals surface area (Å²) in [4.78, 5) is 4.57. The molecule has 0 spiro atoms. The van der Waals surface area contributed by atoms with Gasteiger partial charge in [0.15, 0.2) is 0 Å². The van der Waals surface area contributed by atoms with Crippen LogP contribution < -0.4 is 0 Å². The zero-order chi connectivity index (χ0) is 9.68. The van der Waals surface area contributed by atoms with E-state index in [0.717, 1.165) is 21.0 Å². The maximum atomic E-state index is 4.57. The van der Waals surface area contributed by atoms with Gasteiger partial charge in [0.25, 0.3) is 0 Å². The van der Waals surface area contributed by atoms with Crippen molar-refractivity contribution >= 4 is 22.6 Å². The van der Waals surface area contributed by atoms with Gasteiger partial charge in [-0.3, -0.25) is 4.99 Å². The minimum absolute atomic E-state index is 0.531. The molecule has 0 aliphatic carbocycles. The molecule has 0 fully saturated rings. The van der Waals surface area contributed by atoms with Gasteiger partial charge in [-0.25, -0.2) is 0 Å². The van der Waals surface area contributed by atoms with E-state index in [9.17, 15) is 0 Å². The Labute approximate surface area is 83.9 Å². The Morgan fingerprint density at radius 2 is 2.23 bits per heavy atom. The molecule has 0 saturated carbocycles. The summed E-state index contributed by atoms with van der Waals surface area (Å²) in [5.41, 5.74) is 0. The Morgan fingerprint density at radius 1 is 1.54 bits per heavy atom. The third-order valence-electron chi connectivity index (χ3n) is 2.09. The molecule has 72 valence electrons. The summed E-state index contributed by atoms with van der Waals surface area (Å²) < 4.78 is 0. The van der Waals surface area contributed by atoms with Crippen LogP contribution in [0.15, 0.2) is 10.8 Å². The van der Waals surface area contributed by atoms with Crippen LogP contribution in [0.25, 0.3) is 0 Å². The molecule has 13 heavy (non-hydrogen) atoms. The Balaban J connectivity index is 2.57. The average molecular weight is 213 g/mol. The van der Waals surface area contributed by atoms with Crippen LogP contribution in [-0.4, -0.2) is 12.3 Å². The molecule has 1 aromatic heterocycles. The first-order valence-corrected chi connectivity index (χ1v) is 6.77. The van der Waals surface area contributed by atoms with Gasteiger partial charge in [-0.15, -0.1) is 8.19 Å². The third-order valence-corrected chi connectivity index (χ3v) is 4.77. The van der Waals surface area contributed by atoms with Crippen molar-refractivity contribution < 1.29 is 0 Å². The van der Waals surface area contributed by atoms with Crippen molar-refractivity contribution in [3.8, 4) is 0 Å². The number of nitrogens with zero attached hydrogens (tertiary/aromatic N) is 1. The molecular formula is C10H17NP2. The van der Waals surface area contributed by atoms with Crippen molar-refractivity contribution in [3.05, 3.63) is 16.1 Å². The van der Waals surface area contributed by atoms with Crippen molar-refractivity contribution in [2.45, 2.75) is 39.7 Å². The lowest BCUT2D eigenvalue weighted by Gasteiger charge is -2.03. The van der Waals surface area contributed by atoms with Gasteiger partial charge in [0, 0.05) is 17.6 Å². The molecule has 3 heteroatoms. The lowest BCUT2D eigenvalue weighted by atomic mass is 10.2. The summed E-state index contributed by atoms with van der Waals surface area (Å²) in [7, 11) is 2.29. The number of aliphatic imine (C=N–C) groups is 1. The van der Waals surface area contributed by atoms with Crippen molar-refractivity contribution in [1.82, 2.24) is 0 Å². The molecule has 0 aliphatic rings. The standard InChI is InChI=1S/C10H17NP2/c1-4-9(5-2)11-6-10-7-12-8(3)13-10/h6-7,9,13H,4-5H2,1-3H3. The molecule has 0 bridgehead atoms. The molecule has 1 unspecified atom stereocenters. The Kier molecular flexibility index (Phi) is 4.70. The molecule has 0 N–H and O–H groups in total. The van der Waals surface area contributed by atoms with Crippen molar-refractivity contribution in [3.63, 3.8) is 0 Å². The van der Waals surface area contributed by atoms with E-state index in [1.165, 1.54) is 13.5 Å². The summed E-state index contributed by atoms with van der Waals surface area (Å²) in [5.74, 6) is 2.28.